The van der Waals surface area contributed by atoms with Crippen molar-refractivity contribution >= 4 is 11.9 Å². The molecular weight excluding hydrogens is 214 g/mol. The second kappa shape index (κ2) is 4.65. The maximum atomic E-state index is 11.4. The van der Waals surface area contributed by atoms with Crippen LogP contribution in [0.2, 0.25) is 0 Å². The van der Waals surface area contributed by atoms with E-state index in [0.29, 0.717) is 0 Å². The van der Waals surface area contributed by atoms with Crippen molar-refractivity contribution in [1.82, 2.24) is 14.5 Å². The van der Waals surface area contributed by atoms with Gasteiger partial charge in [0.15, 0.2) is 0 Å². The first-order chi connectivity index (χ1) is 7.41. The molecule has 0 aromatic carbocycles. The van der Waals surface area contributed by atoms with Crippen molar-refractivity contribution in [3.8, 4) is 0 Å². The third-order valence-corrected chi connectivity index (χ3v) is 2.07. The third kappa shape index (κ3) is 2.72. The molecular formula is C9H13N3O4. The lowest BCUT2D eigenvalue weighted by Gasteiger charge is -2.12. The van der Waals surface area contributed by atoms with Gasteiger partial charge in [0.1, 0.15) is 6.04 Å². The summed E-state index contributed by atoms with van der Waals surface area (Å²) >= 11 is 0. The summed E-state index contributed by atoms with van der Waals surface area (Å²) in [6, 6.07) is -1.10. The fraction of sp³-hybridized carbons (Fsp3) is 0.444. The van der Waals surface area contributed by atoms with E-state index in [4.69, 9.17) is 5.11 Å². The number of rotatable bonds is 4. The Morgan fingerprint density at radius 1 is 1.50 bits per heavy atom. The summed E-state index contributed by atoms with van der Waals surface area (Å²) in [5.74, 6) is -1.62. The highest BCUT2D eigenvalue weighted by molar-refractivity contribution is 5.81. The zero-order valence-corrected chi connectivity index (χ0v) is 9.01. The van der Waals surface area contributed by atoms with Gasteiger partial charge in [0.25, 0.3) is 0 Å². The molecule has 1 atom stereocenters. The quantitative estimate of drug-likeness (QED) is 0.674. The number of carboxylic acids is 1. The molecule has 1 rings (SSSR count). The molecule has 0 spiro atoms. The number of aromatic nitrogens is 2. The van der Waals surface area contributed by atoms with Crippen LogP contribution in [-0.2, 0) is 23.2 Å². The van der Waals surface area contributed by atoms with Crippen molar-refractivity contribution in [2.24, 2.45) is 7.05 Å². The number of hydrogen-bond donors (Lipinski definition) is 2. The van der Waals surface area contributed by atoms with E-state index in [2.05, 4.69) is 5.32 Å². The van der Waals surface area contributed by atoms with Gasteiger partial charge >= 0.3 is 11.7 Å². The second-order valence-electron chi connectivity index (χ2n) is 3.44. The Hall–Kier alpha value is -2.05. The van der Waals surface area contributed by atoms with Crippen LogP contribution in [0.4, 0.5) is 0 Å². The number of imidazole rings is 1. The zero-order chi connectivity index (χ0) is 12.3. The molecule has 1 aromatic rings. The van der Waals surface area contributed by atoms with Crippen LogP contribution < -0.4 is 11.0 Å². The Labute approximate surface area is 91.3 Å². The van der Waals surface area contributed by atoms with E-state index in [0.717, 1.165) is 0 Å². The molecule has 1 aromatic heterocycles. The molecule has 7 nitrogen and oxygen atoms in total. The van der Waals surface area contributed by atoms with Gasteiger partial charge in [0.2, 0.25) is 5.91 Å². The van der Waals surface area contributed by atoms with E-state index in [1.807, 2.05) is 0 Å². The van der Waals surface area contributed by atoms with Gasteiger partial charge in [-0.1, -0.05) is 0 Å². The van der Waals surface area contributed by atoms with E-state index < -0.39 is 17.9 Å². The number of hydrogen-bond acceptors (Lipinski definition) is 3. The Kier molecular flexibility index (Phi) is 3.49. The highest BCUT2D eigenvalue weighted by atomic mass is 16.4. The average Bonchev–Trinajstić information content (AvgIpc) is 2.47. The number of aliphatic carboxylic acids is 1. The molecule has 88 valence electrons. The standard InChI is InChI=1S/C9H13N3O4/c1-6(13)10-7(8(14)15)5-12-4-3-11(2)9(12)16/h3-4,7H,5H2,1-2H3,(H,10,13)(H,14,15). The predicted molar refractivity (Wildman–Crippen MR) is 54.9 cm³/mol. The third-order valence-electron chi connectivity index (χ3n) is 2.07. The van der Waals surface area contributed by atoms with Crippen LogP contribution >= 0.6 is 0 Å². The first-order valence-electron chi connectivity index (χ1n) is 4.63. The zero-order valence-electron chi connectivity index (χ0n) is 9.01. The minimum absolute atomic E-state index is 0.0887. The fourth-order valence-corrected chi connectivity index (χ4v) is 1.28. The van der Waals surface area contributed by atoms with Crippen LogP contribution in [-0.4, -0.2) is 32.2 Å². The van der Waals surface area contributed by atoms with E-state index in [1.165, 1.54) is 28.5 Å². The van der Waals surface area contributed by atoms with Crippen molar-refractivity contribution in [3.63, 3.8) is 0 Å². The summed E-state index contributed by atoms with van der Waals surface area (Å²) in [4.78, 5) is 33.0. The van der Waals surface area contributed by atoms with Crippen molar-refractivity contribution in [1.29, 1.82) is 0 Å². The van der Waals surface area contributed by atoms with Crippen LogP contribution in [0.1, 0.15) is 6.92 Å². The van der Waals surface area contributed by atoms with Crippen molar-refractivity contribution in [2.45, 2.75) is 19.5 Å². The molecule has 0 aliphatic heterocycles. The maximum absolute atomic E-state index is 11.4. The predicted octanol–water partition coefficient (Wildman–Crippen LogP) is -1.22. The molecule has 0 saturated carbocycles. The summed E-state index contributed by atoms with van der Waals surface area (Å²) < 4.78 is 2.56. The molecule has 1 amide bonds. The van der Waals surface area contributed by atoms with E-state index in [-0.39, 0.29) is 12.2 Å². The fourth-order valence-electron chi connectivity index (χ4n) is 1.28. The van der Waals surface area contributed by atoms with Crippen molar-refractivity contribution < 1.29 is 14.7 Å². The Bertz CT molecular complexity index is 460. The molecule has 0 saturated heterocycles. The van der Waals surface area contributed by atoms with Crippen LogP contribution in [0.3, 0.4) is 0 Å². The Morgan fingerprint density at radius 2 is 2.12 bits per heavy atom. The molecule has 1 heterocycles. The Morgan fingerprint density at radius 3 is 2.50 bits per heavy atom. The van der Waals surface area contributed by atoms with Crippen LogP contribution in [0.25, 0.3) is 0 Å². The van der Waals surface area contributed by atoms with Gasteiger partial charge in [-0.15, -0.1) is 0 Å². The lowest BCUT2D eigenvalue weighted by molar-refractivity contribution is -0.141. The summed E-state index contributed by atoms with van der Waals surface area (Å²) in [6.07, 6.45) is 3.00. The topological polar surface area (TPSA) is 93.3 Å². The Balaban J connectivity index is 2.84. The number of nitrogens with one attached hydrogen (secondary N) is 1. The first kappa shape index (κ1) is 12.0. The second-order valence-corrected chi connectivity index (χ2v) is 3.44. The number of amides is 1. The van der Waals surface area contributed by atoms with Crippen LogP contribution in [0, 0.1) is 0 Å². The van der Waals surface area contributed by atoms with Gasteiger partial charge in [-0.05, 0) is 0 Å². The SMILES string of the molecule is CC(=O)NC(Cn1ccn(C)c1=O)C(=O)O. The smallest absolute Gasteiger partial charge is 0.328 e. The van der Waals surface area contributed by atoms with E-state index in [1.54, 1.807) is 7.05 Å². The van der Waals surface area contributed by atoms with Crippen LogP contribution in [0.15, 0.2) is 17.2 Å². The number of carbonyl (C=O) groups is 2. The lowest BCUT2D eigenvalue weighted by atomic mass is 10.3. The molecule has 0 fully saturated rings. The molecule has 0 aliphatic rings. The monoisotopic (exact) mass is 227 g/mol. The largest absolute Gasteiger partial charge is 0.480 e. The molecule has 2 N–H and O–H groups in total. The molecule has 0 bridgehead atoms. The molecule has 7 heteroatoms. The molecule has 16 heavy (non-hydrogen) atoms. The van der Waals surface area contributed by atoms with E-state index >= 15 is 0 Å². The number of aryl methyl sites for hydroxylation is 1. The molecule has 1 unspecified atom stereocenters. The maximum Gasteiger partial charge on any atom is 0.328 e. The first-order valence-corrected chi connectivity index (χ1v) is 4.63. The van der Waals surface area contributed by atoms with Gasteiger partial charge in [-0.3, -0.25) is 9.36 Å². The van der Waals surface area contributed by atoms with Gasteiger partial charge in [-0.25, -0.2) is 9.59 Å². The van der Waals surface area contributed by atoms with Crippen LogP contribution in [0.5, 0.6) is 0 Å². The highest BCUT2D eigenvalue weighted by Crippen LogP contribution is 1.91. The normalized spacial score (nSPS) is 12.1. The number of nitrogens with zero attached hydrogens (tertiary/aromatic N) is 2. The summed E-state index contributed by atoms with van der Waals surface area (Å²) in [6.45, 7) is 1.14. The van der Waals surface area contributed by atoms with Crippen molar-refractivity contribution in [2.75, 3.05) is 0 Å². The van der Waals surface area contributed by atoms with Gasteiger partial charge in [0, 0.05) is 26.4 Å². The summed E-state index contributed by atoms with van der Waals surface area (Å²) in [5, 5.41) is 11.1. The number of carboxylic acid groups (broad SMARTS) is 1. The highest BCUT2D eigenvalue weighted by Gasteiger charge is 2.19. The van der Waals surface area contributed by atoms with Crippen molar-refractivity contribution in [3.05, 3.63) is 22.9 Å². The molecule has 0 radical (unpaired) electrons. The molecule has 0 aliphatic carbocycles. The summed E-state index contributed by atoms with van der Waals surface area (Å²) in [7, 11) is 1.56. The minimum Gasteiger partial charge on any atom is -0.480 e. The van der Waals surface area contributed by atoms with Gasteiger partial charge in [0.05, 0.1) is 6.54 Å². The van der Waals surface area contributed by atoms with Gasteiger partial charge < -0.3 is 15.0 Å². The summed E-state index contributed by atoms with van der Waals surface area (Å²) in [5.41, 5.74) is -0.323. The van der Waals surface area contributed by atoms with E-state index in [9.17, 15) is 14.4 Å². The van der Waals surface area contributed by atoms with Gasteiger partial charge in [-0.2, -0.15) is 0 Å². The minimum atomic E-state index is -1.18. The lowest BCUT2D eigenvalue weighted by Crippen LogP contribution is -2.44. The average molecular weight is 227 g/mol. The number of carbonyl (C=O) groups excluding carboxylic acids is 1.